The molecule has 3 aromatic carbocycles. The Balaban J connectivity index is 1.38. The van der Waals surface area contributed by atoms with Crippen LogP contribution in [0.4, 0.5) is 11.4 Å². The summed E-state index contributed by atoms with van der Waals surface area (Å²) in [5.74, 6) is -0.245. The number of anilines is 2. The SMILES string of the molecule is Cc1ccccc1C(=O)NC(=S)Nc1ccccc1N1CCN(C(=O)c2ccc(Cl)cc2)CC1. The van der Waals surface area contributed by atoms with Gasteiger partial charge in [-0.2, -0.15) is 0 Å². The van der Waals surface area contributed by atoms with Crippen LogP contribution in [0.5, 0.6) is 0 Å². The third kappa shape index (κ3) is 5.55. The summed E-state index contributed by atoms with van der Waals surface area (Å²) in [4.78, 5) is 29.5. The van der Waals surface area contributed by atoms with Crippen LogP contribution in [-0.2, 0) is 0 Å². The van der Waals surface area contributed by atoms with Crippen molar-refractivity contribution in [1.29, 1.82) is 0 Å². The maximum atomic E-state index is 12.8. The van der Waals surface area contributed by atoms with Gasteiger partial charge in [0.2, 0.25) is 0 Å². The fraction of sp³-hybridized carbons (Fsp3) is 0.192. The molecule has 1 fully saturated rings. The zero-order valence-corrected chi connectivity index (χ0v) is 20.3. The molecule has 6 nitrogen and oxygen atoms in total. The van der Waals surface area contributed by atoms with Crippen LogP contribution in [0.2, 0.25) is 5.02 Å². The van der Waals surface area contributed by atoms with Gasteiger partial charge in [0, 0.05) is 42.3 Å². The predicted molar refractivity (Wildman–Crippen MR) is 141 cm³/mol. The van der Waals surface area contributed by atoms with E-state index in [1.165, 1.54) is 0 Å². The number of aryl methyl sites for hydroxylation is 1. The highest BCUT2D eigenvalue weighted by Gasteiger charge is 2.23. The summed E-state index contributed by atoms with van der Waals surface area (Å²) in [7, 11) is 0. The number of nitrogens with one attached hydrogen (secondary N) is 2. The molecule has 0 bridgehead atoms. The minimum Gasteiger partial charge on any atom is -0.366 e. The van der Waals surface area contributed by atoms with E-state index in [9.17, 15) is 9.59 Å². The molecule has 0 aliphatic carbocycles. The number of nitrogens with zero attached hydrogens (tertiary/aromatic N) is 2. The van der Waals surface area contributed by atoms with Gasteiger partial charge < -0.3 is 15.1 Å². The van der Waals surface area contributed by atoms with Gasteiger partial charge in [-0.3, -0.25) is 14.9 Å². The van der Waals surface area contributed by atoms with Gasteiger partial charge >= 0.3 is 0 Å². The van der Waals surface area contributed by atoms with Gasteiger partial charge in [0.05, 0.1) is 11.4 Å². The van der Waals surface area contributed by atoms with Gasteiger partial charge in [-0.05, 0) is 67.2 Å². The third-order valence-corrected chi connectivity index (χ3v) is 6.22. The van der Waals surface area contributed by atoms with Crippen molar-refractivity contribution in [2.45, 2.75) is 6.92 Å². The molecule has 1 aliphatic rings. The van der Waals surface area contributed by atoms with Gasteiger partial charge in [0.1, 0.15) is 0 Å². The Morgan fingerprint density at radius 1 is 0.882 bits per heavy atom. The fourth-order valence-electron chi connectivity index (χ4n) is 3.93. The van der Waals surface area contributed by atoms with Crippen LogP contribution in [0, 0.1) is 6.92 Å². The number of hydrogen-bond acceptors (Lipinski definition) is 4. The summed E-state index contributed by atoms with van der Waals surface area (Å²) >= 11 is 11.3. The molecule has 0 saturated carbocycles. The van der Waals surface area contributed by atoms with Crippen LogP contribution >= 0.6 is 23.8 Å². The van der Waals surface area contributed by atoms with E-state index in [1.54, 1.807) is 30.3 Å². The van der Waals surface area contributed by atoms with Gasteiger partial charge in [-0.25, -0.2) is 0 Å². The van der Waals surface area contributed by atoms with Gasteiger partial charge in [-0.1, -0.05) is 41.9 Å². The molecule has 2 amide bonds. The third-order valence-electron chi connectivity index (χ3n) is 5.77. The van der Waals surface area contributed by atoms with Crippen LogP contribution in [-0.4, -0.2) is 48.0 Å². The molecule has 0 spiro atoms. The normalized spacial score (nSPS) is 13.4. The highest BCUT2D eigenvalue weighted by atomic mass is 35.5. The Hall–Kier alpha value is -3.42. The first-order valence-corrected chi connectivity index (χ1v) is 11.8. The molecule has 3 aromatic rings. The molecule has 174 valence electrons. The lowest BCUT2D eigenvalue weighted by atomic mass is 10.1. The Kier molecular flexibility index (Phi) is 7.45. The van der Waals surface area contributed by atoms with Gasteiger partial charge in [0.15, 0.2) is 5.11 Å². The summed E-state index contributed by atoms with van der Waals surface area (Å²) in [6, 6.07) is 22.1. The number of carbonyl (C=O) groups is 2. The molecule has 1 heterocycles. The topological polar surface area (TPSA) is 64.7 Å². The van der Waals surface area contributed by atoms with Gasteiger partial charge in [0.25, 0.3) is 11.8 Å². The zero-order chi connectivity index (χ0) is 24.1. The lowest BCUT2D eigenvalue weighted by Gasteiger charge is -2.37. The number of rotatable bonds is 4. The number of halogens is 1. The van der Waals surface area contributed by atoms with E-state index in [0.717, 1.165) is 16.9 Å². The van der Waals surface area contributed by atoms with Crippen molar-refractivity contribution in [1.82, 2.24) is 10.2 Å². The van der Waals surface area contributed by atoms with E-state index in [-0.39, 0.29) is 16.9 Å². The average Bonchev–Trinajstić information content (AvgIpc) is 2.85. The van der Waals surface area contributed by atoms with E-state index in [4.69, 9.17) is 23.8 Å². The first-order chi connectivity index (χ1) is 16.4. The molecular weight excluding hydrogens is 468 g/mol. The Labute approximate surface area is 209 Å². The first kappa shape index (κ1) is 23.7. The van der Waals surface area contributed by atoms with Crippen LogP contribution < -0.4 is 15.5 Å². The molecule has 8 heteroatoms. The number of thiocarbonyl (C=S) groups is 1. The molecule has 0 radical (unpaired) electrons. The molecule has 0 atom stereocenters. The van der Waals surface area contributed by atoms with Crippen molar-refractivity contribution >= 4 is 52.1 Å². The van der Waals surface area contributed by atoms with Crippen molar-refractivity contribution in [2.75, 3.05) is 36.4 Å². The lowest BCUT2D eigenvalue weighted by molar-refractivity contribution is 0.0746. The van der Waals surface area contributed by atoms with E-state index in [0.29, 0.717) is 42.3 Å². The summed E-state index contributed by atoms with van der Waals surface area (Å²) in [5.41, 5.74) is 3.87. The minimum absolute atomic E-state index is 0.00261. The molecule has 0 unspecified atom stereocenters. The highest BCUT2D eigenvalue weighted by molar-refractivity contribution is 7.80. The number of amides is 2. The summed E-state index contributed by atoms with van der Waals surface area (Å²) in [6.07, 6.45) is 0. The quantitative estimate of drug-likeness (QED) is 0.515. The molecule has 34 heavy (non-hydrogen) atoms. The second kappa shape index (κ2) is 10.7. The van der Waals surface area contributed by atoms with E-state index in [1.807, 2.05) is 54.3 Å². The molecule has 4 rings (SSSR count). The summed E-state index contributed by atoms with van der Waals surface area (Å²) < 4.78 is 0. The van der Waals surface area contributed by atoms with Crippen LogP contribution in [0.25, 0.3) is 0 Å². The van der Waals surface area contributed by atoms with Crippen LogP contribution in [0.3, 0.4) is 0 Å². The Bertz CT molecular complexity index is 1210. The van der Waals surface area contributed by atoms with Crippen molar-refractivity contribution in [3.05, 3.63) is 94.5 Å². The predicted octanol–water partition coefficient (Wildman–Crippen LogP) is 4.74. The van der Waals surface area contributed by atoms with Crippen molar-refractivity contribution < 1.29 is 9.59 Å². The number of hydrogen-bond donors (Lipinski definition) is 2. The molecular formula is C26H25ClN4O2S. The minimum atomic E-state index is -0.248. The number of benzene rings is 3. The highest BCUT2D eigenvalue weighted by Crippen LogP contribution is 2.27. The average molecular weight is 493 g/mol. The van der Waals surface area contributed by atoms with E-state index in [2.05, 4.69) is 15.5 Å². The Morgan fingerprint density at radius 2 is 1.53 bits per heavy atom. The smallest absolute Gasteiger partial charge is 0.257 e. The monoisotopic (exact) mass is 492 g/mol. The molecule has 0 aromatic heterocycles. The summed E-state index contributed by atoms with van der Waals surface area (Å²) in [6.45, 7) is 4.45. The van der Waals surface area contributed by atoms with E-state index < -0.39 is 0 Å². The number of carbonyl (C=O) groups excluding carboxylic acids is 2. The first-order valence-electron chi connectivity index (χ1n) is 11.0. The van der Waals surface area contributed by atoms with Crippen molar-refractivity contribution in [3.63, 3.8) is 0 Å². The molecule has 1 saturated heterocycles. The number of para-hydroxylation sites is 2. The maximum Gasteiger partial charge on any atom is 0.257 e. The largest absolute Gasteiger partial charge is 0.366 e. The molecule has 1 aliphatic heterocycles. The standard InChI is InChI=1S/C26H25ClN4O2S/c1-18-6-2-3-7-21(18)24(32)29-26(34)28-22-8-4-5-9-23(22)30-14-16-31(17-15-30)25(33)19-10-12-20(27)13-11-19/h2-13H,14-17H2,1H3,(H2,28,29,32,34). The van der Waals surface area contributed by atoms with Crippen LogP contribution in [0.1, 0.15) is 26.3 Å². The van der Waals surface area contributed by atoms with Crippen molar-refractivity contribution in [2.24, 2.45) is 0 Å². The second-order valence-corrected chi connectivity index (χ2v) is 8.87. The van der Waals surface area contributed by atoms with Crippen LogP contribution in [0.15, 0.2) is 72.8 Å². The fourth-order valence-corrected chi connectivity index (χ4v) is 4.26. The zero-order valence-electron chi connectivity index (χ0n) is 18.8. The van der Waals surface area contributed by atoms with Crippen molar-refractivity contribution in [3.8, 4) is 0 Å². The van der Waals surface area contributed by atoms with Gasteiger partial charge in [-0.15, -0.1) is 0 Å². The summed E-state index contributed by atoms with van der Waals surface area (Å²) in [5, 5.41) is 6.76. The number of piperazine rings is 1. The molecule has 2 N–H and O–H groups in total. The maximum absolute atomic E-state index is 12.8. The van der Waals surface area contributed by atoms with E-state index >= 15 is 0 Å². The lowest BCUT2D eigenvalue weighted by Crippen LogP contribution is -2.49. The Morgan fingerprint density at radius 3 is 2.24 bits per heavy atom. The second-order valence-electron chi connectivity index (χ2n) is 8.03.